The first-order valence-corrected chi connectivity index (χ1v) is 8.07. The fourth-order valence-electron chi connectivity index (χ4n) is 3.17. The van der Waals surface area contributed by atoms with Gasteiger partial charge in [-0.2, -0.15) is 0 Å². The van der Waals surface area contributed by atoms with Gasteiger partial charge in [0.2, 0.25) is 5.91 Å². The molecule has 1 aliphatic heterocycles. The van der Waals surface area contributed by atoms with Gasteiger partial charge >= 0.3 is 0 Å². The van der Waals surface area contributed by atoms with Gasteiger partial charge < -0.3 is 10.0 Å². The zero-order valence-corrected chi connectivity index (χ0v) is 13.2. The molecule has 1 N–H and O–H groups in total. The maximum Gasteiger partial charge on any atom is 0.223 e. The molecule has 1 fully saturated rings. The second kappa shape index (κ2) is 7.60. The molecule has 0 bridgehead atoms. The molecule has 3 heteroatoms. The van der Waals surface area contributed by atoms with E-state index < -0.39 is 0 Å². The largest absolute Gasteiger partial charge is 0.396 e. The summed E-state index contributed by atoms with van der Waals surface area (Å²) >= 11 is 0. The van der Waals surface area contributed by atoms with Crippen LogP contribution in [0.5, 0.6) is 0 Å². The van der Waals surface area contributed by atoms with Crippen LogP contribution in [0.25, 0.3) is 0 Å². The lowest BCUT2D eigenvalue weighted by Gasteiger charge is -2.25. The number of benzene rings is 1. The molecule has 0 spiro atoms. The number of hydrogen-bond donors (Lipinski definition) is 1. The van der Waals surface area contributed by atoms with Crippen LogP contribution in [0.4, 0.5) is 0 Å². The van der Waals surface area contributed by atoms with Crippen LogP contribution < -0.4 is 0 Å². The topological polar surface area (TPSA) is 40.5 Å². The van der Waals surface area contributed by atoms with E-state index in [-0.39, 0.29) is 18.6 Å². The molecule has 1 saturated heterocycles. The van der Waals surface area contributed by atoms with Gasteiger partial charge in [-0.15, -0.1) is 0 Å². The summed E-state index contributed by atoms with van der Waals surface area (Å²) in [5, 5.41) is 8.95. The Bertz CT molecular complexity index is 446. The predicted molar refractivity (Wildman–Crippen MR) is 84.8 cm³/mol. The smallest absolute Gasteiger partial charge is 0.223 e. The van der Waals surface area contributed by atoms with Crippen molar-refractivity contribution in [1.82, 2.24) is 4.90 Å². The summed E-state index contributed by atoms with van der Waals surface area (Å²) < 4.78 is 0. The molecule has 3 nitrogen and oxygen atoms in total. The molecule has 2 rings (SSSR count). The summed E-state index contributed by atoms with van der Waals surface area (Å²) in [5.41, 5.74) is 1.21. The van der Waals surface area contributed by atoms with Crippen molar-refractivity contribution in [2.45, 2.75) is 45.6 Å². The van der Waals surface area contributed by atoms with E-state index in [1.54, 1.807) is 0 Å². The number of aliphatic hydroxyl groups excluding tert-OH is 1. The predicted octanol–water partition coefficient (Wildman–Crippen LogP) is 3.39. The van der Waals surface area contributed by atoms with Crippen molar-refractivity contribution in [3.05, 3.63) is 35.9 Å². The fourth-order valence-corrected chi connectivity index (χ4v) is 3.17. The Morgan fingerprint density at radius 3 is 2.62 bits per heavy atom. The van der Waals surface area contributed by atoms with Gasteiger partial charge in [0.05, 0.1) is 6.04 Å². The lowest BCUT2D eigenvalue weighted by atomic mass is 9.94. The van der Waals surface area contributed by atoms with Crippen LogP contribution in [0.3, 0.4) is 0 Å². The molecule has 116 valence electrons. The van der Waals surface area contributed by atoms with Crippen LogP contribution in [0.2, 0.25) is 0 Å². The van der Waals surface area contributed by atoms with Crippen molar-refractivity contribution in [2.24, 2.45) is 11.8 Å². The lowest BCUT2D eigenvalue weighted by Crippen LogP contribution is -2.28. The van der Waals surface area contributed by atoms with Crippen molar-refractivity contribution in [3.63, 3.8) is 0 Å². The van der Waals surface area contributed by atoms with Gasteiger partial charge in [-0.3, -0.25) is 4.79 Å². The minimum atomic E-state index is 0.165. The number of carbonyl (C=O) groups excluding carboxylic acids is 1. The molecule has 21 heavy (non-hydrogen) atoms. The molecular formula is C18H27NO2. The fraction of sp³-hybridized carbons (Fsp3) is 0.611. The number of amides is 1. The Labute approximate surface area is 128 Å². The van der Waals surface area contributed by atoms with Crippen molar-refractivity contribution in [2.75, 3.05) is 13.2 Å². The molecule has 0 radical (unpaired) electrons. The molecule has 1 aromatic rings. The van der Waals surface area contributed by atoms with Crippen LogP contribution >= 0.6 is 0 Å². The van der Waals surface area contributed by atoms with Crippen LogP contribution in [0.15, 0.2) is 30.3 Å². The summed E-state index contributed by atoms with van der Waals surface area (Å²) in [6.45, 7) is 5.43. The summed E-state index contributed by atoms with van der Waals surface area (Å²) in [6, 6.07) is 10.4. The van der Waals surface area contributed by atoms with Crippen molar-refractivity contribution in [3.8, 4) is 0 Å². The van der Waals surface area contributed by atoms with Crippen LogP contribution in [0.1, 0.15) is 51.1 Å². The molecule has 0 aromatic heterocycles. The zero-order valence-electron chi connectivity index (χ0n) is 13.2. The molecule has 1 aromatic carbocycles. The molecule has 0 saturated carbocycles. The first-order chi connectivity index (χ1) is 10.1. The van der Waals surface area contributed by atoms with Gasteiger partial charge in [0.15, 0.2) is 0 Å². The number of likely N-dealkylation sites (tertiary alicyclic amines) is 1. The van der Waals surface area contributed by atoms with Gasteiger partial charge in [0, 0.05) is 19.6 Å². The molecule has 1 aliphatic rings. The van der Waals surface area contributed by atoms with Crippen LogP contribution in [-0.2, 0) is 4.79 Å². The number of aliphatic hydroxyl groups is 1. The molecule has 3 atom stereocenters. The highest BCUT2D eigenvalue weighted by Gasteiger charge is 2.32. The molecule has 3 unspecified atom stereocenters. The highest BCUT2D eigenvalue weighted by atomic mass is 16.3. The second-order valence-corrected chi connectivity index (χ2v) is 6.40. The van der Waals surface area contributed by atoms with Gasteiger partial charge in [0.1, 0.15) is 0 Å². The average Bonchev–Trinajstić information content (AvgIpc) is 2.87. The second-order valence-electron chi connectivity index (χ2n) is 6.40. The maximum atomic E-state index is 12.3. The Morgan fingerprint density at radius 2 is 1.95 bits per heavy atom. The van der Waals surface area contributed by atoms with E-state index in [1.165, 1.54) is 5.56 Å². The maximum absolute atomic E-state index is 12.3. The highest BCUT2D eigenvalue weighted by molar-refractivity contribution is 5.79. The first-order valence-electron chi connectivity index (χ1n) is 8.07. The summed E-state index contributed by atoms with van der Waals surface area (Å²) in [7, 11) is 0. The van der Waals surface area contributed by atoms with E-state index in [0.717, 1.165) is 25.8 Å². The first kappa shape index (κ1) is 16.0. The van der Waals surface area contributed by atoms with E-state index in [2.05, 4.69) is 26.0 Å². The Balaban J connectivity index is 1.88. The summed E-state index contributed by atoms with van der Waals surface area (Å²) in [4.78, 5) is 14.3. The SMILES string of the molecule is CC(CCO)CCC1CC(=O)N(C(C)c2ccccc2)C1. The quantitative estimate of drug-likeness (QED) is 0.836. The Kier molecular flexibility index (Phi) is 5.80. The molecule has 1 heterocycles. The van der Waals surface area contributed by atoms with Gasteiger partial charge in [-0.05, 0) is 37.2 Å². The van der Waals surface area contributed by atoms with Gasteiger partial charge in [0.25, 0.3) is 0 Å². The number of rotatable bonds is 7. The summed E-state index contributed by atoms with van der Waals surface area (Å²) in [6.07, 6.45) is 3.74. The standard InChI is InChI=1S/C18H27NO2/c1-14(10-11-20)8-9-16-12-18(21)19(13-16)15(2)17-6-4-3-5-7-17/h3-7,14-16,20H,8-13H2,1-2H3. The van der Waals surface area contributed by atoms with Gasteiger partial charge in [-0.25, -0.2) is 0 Å². The molecule has 1 amide bonds. The number of carbonyl (C=O) groups is 1. The van der Waals surface area contributed by atoms with Crippen molar-refractivity contribution in [1.29, 1.82) is 0 Å². The lowest BCUT2D eigenvalue weighted by molar-refractivity contribution is -0.129. The van der Waals surface area contributed by atoms with Crippen LogP contribution in [0, 0.1) is 11.8 Å². The number of hydrogen-bond acceptors (Lipinski definition) is 2. The van der Waals surface area contributed by atoms with Gasteiger partial charge in [-0.1, -0.05) is 43.7 Å². The third-order valence-electron chi connectivity index (χ3n) is 4.68. The van der Waals surface area contributed by atoms with E-state index in [1.807, 2.05) is 23.1 Å². The van der Waals surface area contributed by atoms with E-state index in [0.29, 0.717) is 18.3 Å². The van der Waals surface area contributed by atoms with E-state index in [9.17, 15) is 4.79 Å². The van der Waals surface area contributed by atoms with Crippen LogP contribution in [-0.4, -0.2) is 29.1 Å². The third kappa shape index (κ3) is 4.31. The zero-order chi connectivity index (χ0) is 15.2. The van der Waals surface area contributed by atoms with E-state index in [4.69, 9.17) is 5.11 Å². The Hall–Kier alpha value is -1.35. The normalized spacial score (nSPS) is 21.6. The summed E-state index contributed by atoms with van der Waals surface area (Å²) in [5.74, 6) is 1.31. The third-order valence-corrected chi connectivity index (χ3v) is 4.68. The van der Waals surface area contributed by atoms with E-state index >= 15 is 0 Å². The molecule has 0 aliphatic carbocycles. The minimum absolute atomic E-state index is 0.165. The highest BCUT2D eigenvalue weighted by Crippen LogP contribution is 2.31. The number of nitrogens with zero attached hydrogens (tertiary/aromatic N) is 1. The van der Waals surface area contributed by atoms with Crippen molar-refractivity contribution >= 4 is 5.91 Å². The monoisotopic (exact) mass is 289 g/mol. The van der Waals surface area contributed by atoms with Crippen molar-refractivity contribution < 1.29 is 9.90 Å². The Morgan fingerprint density at radius 1 is 1.24 bits per heavy atom. The molecular weight excluding hydrogens is 262 g/mol. The minimum Gasteiger partial charge on any atom is -0.396 e. The average molecular weight is 289 g/mol.